The Balaban J connectivity index is 4.12. The van der Waals surface area contributed by atoms with E-state index in [2.05, 4.69) is 32.2 Å². The van der Waals surface area contributed by atoms with E-state index in [4.69, 9.17) is 5.73 Å². The van der Waals surface area contributed by atoms with Gasteiger partial charge in [-0.05, 0) is 37.5 Å². The first-order valence-electron chi connectivity index (χ1n) is 5.33. The summed E-state index contributed by atoms with van der Waals surface area (Å²) >= 11 is 0. The van der Waals surface area contributed by atoms with Crippen LogP contribution in [0.15, 0.2) is 72.5 Å². The Morgan fingerprint density at radius 2 is 1.88 bits per heavy atom. The lowest BCUT2D eigenvalue weighted by Gasteiger charge is -2.00. The summed E-state index contributed by atoms with van der Waals surface area (Å²) in [5.41, 5.74) is 8.27. The van der Waals surface area contributed by atoms with Gasteiger partial charge in [0.15, 0.2) is 0 Å². The molecular weight excluding hydrogens is 194 g/mol. The lowest BCUT2D eigenvalue weighted by atomic mass is 10.1. The van der Waals surface area contributed by atoms with Gasteiger partial charge in [0.1, 0.15) is 0 Å². The fourth-order valence-electron chi connectivity index (χ4n) is 0.987. The second kappa shape index (κ2) is 8.54. The van der Waals surface area contributed by atoms with Crippen LogP contribution in [-0.4, -0.2) is 0 Å². The molecule has 16 heavy (non-hydrogen) atoms. The summed E-state index contributed by atoms with van der Waals surface area (Å²) in [4.78, 5) is 0. The van der Waals surface area contributed by atoms with E-state index in [1.54, 1.807) is 6.08 Å². The summed E-state index contributed by atoms with van der Waals surface area (Å²) in [5, 5.41) is 0. The molecule has 0 rings (SSSR count). The molecule has 0 saturated heterocycles. The first-order valence-corrected chi connectivity index (χ1v) is 5.33. The first-order chi connectivity index (χ1) is 7.57. The van der Waals surface area contributed by atoms with Crippen LogP contribution in [0.1, 0.15) is 20.3 Å². The van der Waals surface area contributed by atoms with Crippen LogP contribution in [0.2, 0.25) is 0 Å². The van der Waals surface area contributed by atoms with Crippen molar-refractivity contribution in [2.45, 2.75) is 20.3 Å². The summed E-state index contributed by atoms with van der Waals surface area (Å²) in [6, 6.07) is 0. The second-order valence-electron chi connectivity index (χ2n) is 3.55. The summed E-state index contributed by atoms with van der Waals surface area (Å²) in [5.74, 6) is 0. The minimum absolute atomic E-state index is 0.563. The third kappa shape index (κ3) is 7.63. The number of rotatable bonds is 6. The van der Waals surface area contributed by atoms with E-state index >= 15 is 0 Å². The Morgan fingerprint density at radius 3 is 2.44 bits per heavy atom. The van der Waals surface area contributed by atoms with E-state index in [9.17, 15) is 0 Å². The Hall–Kier alpha value is -1.76. The van der Waals surface area contributed by atoms with Crippen LogP contribution in [0.5, 0.6) is 0 Å². The maximum atomic E-state index is 5.39. The van der Waals surface area contributed by atoms with Crippen molar-refractivity contribution in [1.82, 2.24) is 0 Å². The molecule has 0 spiro atoms. The number of allylic oxidation sites excluding steroid dienone is 9. The van der Waals surface area contributed by atoms with Gasteiger partial charge in [-0.15, -0.1) is 0 Å². The zero-order chi connectivity index (χ0) is 12.4. The molecule has 0 fully saturated rings. The topological polar surface area (TPSA) is 26.0 Å². The van der Waals surface area contributed by atoms with Gasteiger partial charge in [0.25, 0.3) is 0 Å². The van der Waals surface area contributed by atoms with Crippen molar-refractivity contribution in [3.63, 3.8) is 0 Å². The molecule has 86 valence electrons. The minimum atomic E-state index is 0.563. The fraction of sp³-hybridized carbons (Fsp3) is 0.200. The van der Waals surface area contributed by atoms with Crippen molar-refractivity contribution >= 4 is 0 Å². The lowest BCUT2D eigenvalue weighted by molar-refractivity contribution is 1.22. The smallest absolute Gasteiger partial charge is 0.0240 e. The van der Waals surface area contributed by atoms with Crippen LogP contribution >= 0.6 is 0 Å². The largest absolute Gasteiger partial charge is 0.399 e. The van der Waals surface area contributed by atoms with Gasteiger partial charge in [-0.25, -0.2) is 0 Å². The molecule has 0 saturated carbocycles. The minimum Gasteiger partial charge on any atom is -0.399 e. The third-order valence-electron chi connectivity index (χ3n) is 2.02. The number of hydrogen-bond acceptors (Lipinski definition) is 1. The highest BCUT2D eigenvalue weighted by molar-refractivity contribution is 5.31. The van der Waals surface area contributed by atoms with Crippen molar-refractivity contribution < 1.29 is 0 Å². The third-order valence-corrected chi connectivity index (χ3v) is 2.02. The lowest BCUT2D eigenvalue weighted by Crippen LogP contribution is -1.87. The summed E-state index contributed by atoms with van der Waals surface area (Å²) in [6.45, 7) is 11.7. The molecule has 1 nitrogen and oxygen atoms in total. The molecule has 0 aliphatic rings. The van der Waals surface area contributed by atoms with E-state index in [0.29, 0.717) is 5.70 Å². The first kappa shape index (κ1) is 14.2. The molecule has 0 bridgehead atoms. The van der Waals surface area contributed by atoms with Crippen LogP contribution in [0, 0.1) is 0 Å². The molecule has 0 aromatic carbocycles. The summed E-state index contributed by atoms with van der Waals surface area (Å²) in [6.07, 6.45) is 14.6. The van der Waals surface area contributed by atoms with Gasteiger partial charge in [-0.2, -0.15) is 0 Å². The normalized spacial score (nSPS) is 13.0. The van der Waals surface area contributed by atoms with Gasteiger partial charge in [0.2, 0.25) is 0 Å². The average molecular weight is 215 g/mol. The molecule has 0 atom stereocenters. The maximum Gasteiger partial charge on any atom is 0.0240 e. The summed E-state index contributed by atoms with van der Waals surface area (Å²) in [7, 11) is 0. The predicted octanol–water partition coefficient (Wildman–Crippen LogP) is 4.04. The highest BCUT2D eigenvalue weighted by Crippen LogP contribution is 2.11. The van der Waals surface area contributed by atoms with E-state index in [1.807, 2.05) is 31.2 Å². The molecule has 0 unspecified atom stereocenters. The Kier molecular flexibility index (Phi) is 7.60. The Morgan fingerprint density at radius 1 is 1.19 bits per heavy atom. The molecule has 0 aliphatic carbocycles. The van der Waals surface area contributed by atoms with Crippen LogP contribution in [0.4, 0.5) is 0 Å². The van der Waals surface area contributed by atoms with Crippen molar-refractivity contribution in [2.24, 2.45) is 5.73 Å². The monoisotopic (exact) mass is 215 g/mol. The quantitative estimate of drug-likeness (QED) is 0.665. The van der Waals surface area contributed by atoms with Crippen molar-refractivity contribution in [2.75, 3.05) is 0 Å². The Labute approximate surface area is 99.1 Å². The molecular formula is C15H21N. The molecule has 0 amide bonds. The fourth-order valence-corrected chi connectivity index (χ4v) is 0.987. The zero-order valence-electron chi connectivity index (χ0n) is 10.2. The average Bonchev–Trinajstić information content (AvgIpc) is 2.24. The summed E-state index contributed by atoms with van der Waals surface area (Å²) < 4.78 is 0. The van der Waals surface area contributed by atoms with E-state index in [0.717, 1.165) is 12.0 Å². The van der Waals surface area contributed by atoms with Gasteiger partial charge in [-0.1, -0.05) is 49.6 Å². The molecule has 2 N–H and O–H groups in total. The van der Waals surface area contributed by atoms with Crippen molar-refractivity contribution in [3.8, 4) is 0 Å². The Bertz CT molecular complexity index is 352. The van der Waals surface area contributed by atoms with Crippen LogP contribution < -0.4 is 5.73 Å². The van der Waals surface area contributed by atoms with E-state index in [1.165, 1.54) is 5.57 Å². The molecule has 0 radical (unpaired) electrons. The van der Waals surface area contributed by atoms with Gasteiger partial charge in [0.05, 0.1) is 0 Å². The number of hydrogen-bond donors (Lipinski definition) is 1. The molecule has 0 aromatic rings. The van der Waals surface area contributed by atoms with E-state index < -0.39 is 0 Å². The van der Waals surface area contributed by atoms with Gasteiger partial charge >= 0.3 is 0 Å². The van der Waals surface area contributed by atoms with Crippen LogP contribution in [-0.2, 0) is 0 Å². The molecule has 1 heteroatoms. The van der Waals surface area contributed by atoms with Gasteiger partial charge in [0, 0.05) is 5.70 Å². The highest BCUT2D eigenvalue weighted by atomic mass is 14.5. The zero-order valence-corrected chi connectivity index (χ0v) is 10.2. The SMILES string of the molecule is C=C(N)/C=C\C=C\CC(=C)/C(C)=C\C=C/C. The van der Waals surface area contributed by atoms with Crippen molar-refractivity contribution in [3.05, 3.63) is 72.5 Å². The van der Waals surface area contributed by atoms with Crippen LogP contribution in [0.25, 0.3) is 0 Å². The molecule has 0 aliphatic heterocycles. The maximum absolute atomic E-state index is 5.39. The molecule has 0 aromatic heterocycles. The second-order valence-corrected chi connectivity index (χ2v) is 3.55. The van der Waals surface area contributed by atoms with Crippen LogP contribution in [0.3, 0.4) is 0 Å². The van der Waals surface area contributed by atoms with E-state index in [-0.39, 0.29) is 0 Å². The van der Waals surface area contributed by atoms with Gasteiger partial charge in [-0.3, -0.25) is 0 Å². The standard InChI is InChI=1S/C15H21N/c1-5-6-10-13(2)14(3)11-8-7-9-12-15(4)16/h5-10,12H,3-4,11,16H2,1-2H3/b6-5-,8-7+,12-9-,13-10-. The molecule has 0 heterocycles. The predicted molar refractivity (Wildman–Crippen MR) is 73.9 cm³/mol. The number of nitrogens with two attached hydrogens (primary N) is 1. The van der Waals surface area contributed by atoms with Crippen molar-refractivity contribution in [1.29, 1.82) is 0 Å². The van der Waals surface area contributed by atoms with Gasteiger partial charge < -0.3 is 5.73 Å². The highest BCUT2D eigenvalue weighted by Gasteiger charge is 1.91.